The highest BCUT2D eigenvalue weighted by atomic mass is 16.3. The van der Waals surface area contributed by atoms with Crippen molar-refractivity contribution in [2.45, 2.75) is 112 Å². The number of phenolic OH excluding ortho intramolecular Hbond substituents is 2. The Labute approximate surface area is 276 Å². The largest absolute Gasteiger partial charge is 0.508 e. The lowest BCUT2D eigenvalue weighted by atomic mass is 9.33. The van der Waals surface area contributed by atoms with Gasteiger partial charge in [-0.15, -0.1) is 0 Å². The van der Waals surface area contributed by atoms with Crippen LogP contribution in [0.15, 0.2) is 29.8 Å². The van der Waals surface area contributed by atoms with Crippen LogP contribution in [-0.4, -0.2) is 46.3 Å². The van der Waals surface area contributed by atoms with Crippen LogP contribution < -0.4 is 10.6 Å². The fraction of sp³-hybridized carbons (Fsp3) is 0.744. The first-order valence-corrected chi connectivity index (χ1v) is 18.0. The van der Waals surface area contributed by atoms with E-state index in [-0.39, 0.29) is 63.2 Å². The molecule has 7 heteroatoms. The van der Waals surface area contributed by atoms with E-state index in [1.165, 1.54) is 24.6 Å². The van der Waals surface area contributed by atoms with Gasteiger partial charge >= 0.3 is 0 Å². The number of benzene rings is 1. The summed E-state index contributed by atoms with van der Waals surface area (Å²) in [5, 5.41) is 36.6. The number of aromatic hydroxyl groups is 2. The quantitative estimate of drug-likeness (QED) is 0.177. The Bertz CT molecular complexity index is 1400. The van der Waals surface area contributed by atoms with Gasteiger partial charge in [-0.3, -0.25) is 9.59 Å². The highest BCUT2D eigenvalue weighted by molar-refractivity contribution is 5.95. The summed E-state index contributed by atoms with van der Waals surface area (Å²) in [4.78, 5) is 27.0. The van der Waals surface area contributed by atoms with E-state index in [2.05, 4.69) is 65.2 Å². The minimum absolute atomic E-state index is 0.0324. The van der Waals surface area contributed by atoms with Crippen LogP contribution in [0.25, 0.3) is 0 Å². The number of hydrogen-bond acceptors (Lipinski definition) is 5. The van der Waals surface area contributed by atoms with E-state index >= 15 is 0 Å². The van der Waals surface area contributed by atoms with E-state index in [0.29, 0.717) is 30.2 Å². The summed E-state index contributed by atoms with van der Waals surface area (Å²) < 4.78 is 0. The molecule has 4 saturated carbocycles. The predicted octanol–water partition coefficient (Wildman–Crippen LogP) is 6.96. The van der Waals surface area contributed by atoms with Crippen molar-refractivity contribution in [2.24, 2.45) is 56.7 Å². The van der Waals surface area contributed by atoms with E-state index in [4.69, 9.17) is 0 Å². The molecule has 5 N–H and O–H groups in total. The third kappa shape index (κ3) is 4.76. The first kappa shape index (κ1) is 33.4. The fourth-order valence-corrected chi connectivity index (χ4v) is 12.2. The van der Waals surface area contributed by atoms with Crippen molar-refractivity contribution < 1.29 is 24.9 Å². The van der Waals surface area contributed by atoms with E-state index < -0.39 is 11.3 Å². The van der Waals surface area contributed by atoms with Crippen LogP contribution >= 0.6 is 0 Å². The third-order valence-electron chi connectivity index (χ3n) is 15.3. The molecule has 0 unspecified atom stereocenters. The van der Waals surface area contributed by atoms with E-state index in [9.17, 15) is 24.9 Å². The van der Waals surface area contributed by atoms with Gasteiger partial charge in [0.25, 0.3) is 5.91 Å². The number of carbonyl (C=O) groups excluding carboxylic acids is 2. The van der Waals surface area contributed by atoms with Gasteiger partial charge in [0.1, 0.15) is 11.5 Å². The van der Waals surface area contributed by atoms with E-state index in [0.717, 1.165) is 51.4 Å². The molecular formula is C39H58N2O5. The number of nitrogens with one attached hydrogen (secondary N) is 2. The second kappa shape index (κ2) is 11.3. The Morgan fingerprint density at radius 3 is 2.20 bits per heavy atom. The van der Waals surface area contributed by atoms with Crippen LogP contribution in [0.2, 0.25) is 0 Å². The van der Waals surface area contributed by atoms with Crippen molar-refractivity contribution in [1.29, 1.82) is 0 Å². The molecule has 1 aromatic carbocycles. The molecule has 46 heavy (non-hydrogen) atoms. The normalized spacial score (nSPS) is 42.7. The standard InChI is InChI=1S/C39H58N2O5/c1-23-10-15-39(34(46)41-19-18-40-33(45)25-20-26(42)22-27(43)21-25)17-16-37(6)28(32(39)24(23)2)8-9-30-36(5)13-12-31(44)35(3,4)29(36)11-14-38(30,37)7/h8,20-24,29-32,42-44H,9-19H2,1-7H3,(H,40,45)(H,41,46)/t23-,24+,29+,30-,31+,32+,36+,37-,38-,39+/m1/s1. The number of aliphatic hydroxyl groups excluding tert-OH is 1. The van der Waals surface area contributed by atoms with Gasteiger partial charge in [0.05, 0.1) is 11.5 Å². The summed E-state index contributed by atoms with van der Waals surface area (Å²) in [6, 6.07) is 3.81. The molecule has 0 radical (unpaired) electrons. The maximum atomic E-state index is 14.4. The molecule has 10 atom stereocenters. The molecule has 4 fully saturated rings. The molecule has 0 aliphatic heterocycles. The Kier molecular flexibility index (Phi) is 8.18. The van der Waals surface area contributed by atoms with Crippen molar-refractivity contribution in [2.75, 3.05) is 13.1 Å². The maximum Gasteiger partial charge on any atom is 0.251 e. The summed E-state index contributed by atoms with van der Waals surface area (Å²) in [7, 11) is 0. The lowest BCUT2D eigenvalue weighted by Crippen LogP contribution is -2.66. The van der Waals surface area contributed by atoms with Gasteiger partial charge in [-0.2, -0.15) is 0 Å². The van der Waals surface area contributed by atoms with Gasteiger partial charge in [0, 0.05) is 24.7 Å². The first-order valence-electron chi connectivity index (χ1n) is 18.0. The van der Waals surface area contributed by atoms with E-state index in [1.807, 2.05) is 0 Å². The Morgan fingerprint density at radius 1 is 0.826 bits per heavy atom. The first-order chi connectivity index (χ1) is 21.5. The molecule has 7 nitrogen and oxygen atoms in total. The molecule has 5 aliphatic carbocycles. The molecule has 0 saturated heterocycles. The number of phenols is 2. The molecule has 0 bridgehead atoms. The van der Waals surface area contributed by atoms with Gasteiger partial charge in [-0.05, 0) is 121 Å². The van der Waals surface area contributed by atoms with Crippen molar-refractivity contribution in [3.63, 3.8) is 0 Å². The lowest BCUT2D eigenvalue weighted by molar-refractivity contribution is -0.204. The summed E-state index contributed by atoms with van der Waals surface area (Å²) in [5.74, 6) is 1.60. The molecule has 2 amide bonds. The number of amides is 2. The number of rotatable bonds is 5. The van der Waals surface area contributed by atoms with Crippen LogP contribution in [-0.2, 0) is 4.79 Å². The summed E-state index contributed by atoms with van der Waals surface area (Å²) in [6.07, 6.45) is 11.6. The van der Waals surface area contributed by atoms with Crippen LogP contribution in [0, 0.1) is 56.7 Å². The lowest BCUT2D eigenvalue weighted by Gasteiger charge is -2.71. The second-order valence-corrected chi connectivity index (χ2v) is 17.4. The highest BCUT2D eigenvalue weighted by Gasteiger charge is 2.69. The number of hydrogen-bond donors (Lipinski definition) is 5. The molecule has 1 aromatic rings. The number of carbonyl (C=O) groups is 2. The molecule has 0 aromatic heterocycles. The monoisotopic (exact) mass is 634 g/mol. The summed E-state index contributed by atoms with van der Waals surface area (Å²) in [6.45, 7) is 17.6. The van der Waals surface area contributed by atoms with Crippen molar-refractivity contribution in [3.05, 3.63) is 35.4 Å². The van der Waals surface area contributed by atoms with Gasteiger partial charge in [-0.1, -0.05) is 60.1 Å². The fourth-order valence-electron chi connectivity index (χ4n) is 12.2. The SMILES string of the molecule is C[C@H]1[C@H](C)CC[C@]2(C(=O)NCCNC(=O)c3cc(O)cc(O)c3)CC[C@]3(C)C(=CC[C@@H]4[C@@]5(C)CC[C@H](O)C(C)(C)[C@@H]5CC[C@]43C)[C@H]12. The van der Waals surface area contributed by atoms with Crippen LogP contribution in [0.3, 0.4) is 0 Å². The van der Waals surface area contributed by atoms with E-state index in [1.54, 1.807) is 5.57 Å². The number of aliphatic hydroxyl groups is 1. The average molecular weight is 635 g/mol. The Balaban J connectivity index is 1.24. The average Bonchev–Trinajstić information content (AvgIpc) is 2.99. The molecule has 0 spiro atoms. The number of fused-ring (bicyclic) bond motifs is 7. The Hall–Kier alpha value is -2.54. The van der Waals surface area contributed by atoms with Crippen molar-refractivity contribution in [1.82, 2.24) is 10.6 Å². The zero-order valence-corrected chi connectivity index (χ0v) is 29.2. The summed E-state index contributed by atoms with van der Waals surface area (Å²) >= 11 is 0. The topological polar surface area (TPSA) is 119 Å². The third-order valence-corrected chi connectivity index (χ3v) is 15.3. The van der Waals surface area contributed by atoms with Gasteiger partial charge in [-0.25, -0.2) is 0 Å². The van der Waals surface area contributed by atoms with Crippen molar-refractivity contribution >= 4 is 11.8 Å². The second-order valence-electron chi connectivity index (χ2n) is 17.4. The van der Waals surface area contributed by atoms with Crippen LogP contribution in [0.1, 0.15) is 117 Å². The van der Waals surface area contributed by atoms with Crippen molar-refractivity contribution in [3.8, 4) is 11.5 Å². The minimum Gasteiger partial charge on any atom is -0.508 e. The van der Waals surface area contributed by atoms with Crippen LogP contribution in [0.5, 0.6) is 11.5 Å². The minimum atomic E-state index is -0.445. The zero-order chi connectivity index (χ0) is 33.4. The summed E-state index contributed by atoms with van der Waals surface area (Å²) in [5.41, 5.74) is 1.58. The zero-order valence-electron chi connectivity index (χ0n) is 29.2. The highest BCUT2D eigenvalue weighted by Crippen LogP contribution is 2.75. The van der Waals surface area contributed by atoms with Crippen LogP contribution in [0.4, 0.5) is 0 Å². The van der Waals surface area contributed by atoms with Gasteiger partial charge < -0.3 is 26.0 Å². The molecule has 6 rings (SSSR count). The maximum absolute atomic E-state index is 14.4. The molecular weight excluding hydrogens is 576 g/mol. The molecule has 254 valence electrons. The predicted molar refractivity (Wildman–Crippen MR) is 180 cm³/mol. The smallest absolute Gasteiger partial charge is 0.251 e. The molecule has 5 aliphatic rings. The number of allylic oxidation sites excluding steroid dienone is 2. The Morgan fingerprint density at radius 2 is 1.50 bits per heavy atom. The molecule has 0 heterocycles. The van der Waals surface area contributed by atoms with Gasteiger partial charge in [0.15, 0.2) is 0 Å². The van der Waals surface area contributed by atoms with Gasteiger partial charge in [0.2, 0.25) is 5.91 Å².